The third kappa shape index (κ3) is 5.12. The minimum Gasteiger partial charge on any atom is -0.497 e. The Balaban J connectivity index is 2.13. The Kier molecular flexibility index (Phi) is 6.83. The molecule has 6 heteroatoms. The zero-order valence-electron chi connectivity index (χ0n) is 14.4. The molecule has 0 fully saturated rings. The van der Waals surface area contributed by atoms with Gasteiger partial charge in [-0.2, -0.15) is 0 Å². The van der Waals surface area contributed by atoms with Crippen LogP contribution in [0.3, 0.4) is 0 Å². The number of hydrogen-bond donors (Lipinski definition) is 0. The first-order valence-corrected chi connectivity index (χ1v) is 7.79. The first kappa shape index (κ1) is 19.6. The maximum Gasteiger partial charge on any atom is 0.193 e. The Hall–Kier alpha value is -2.76. The number of ether oxygens (including phenoxy) is 2. The van der Waals surface area contributed by atoms with Gasteiger partial charge in [0, 0.05) is 12.8 Å². The zero-order valence-corrected chi connectivity index (χ0v) is 14.4. The summed E-state index contributed by atoms with van der Waals surface area (Å²) >= 11 is 0. The van der Waals surface area contributed by atoms with E-state index in [-0.39, 0.29) is 0 Å². The van der Waals surface area contributed by atoms with Crippen LogP contribution in [0, 0.1) is 0 Å². The Bertz CT molecular complexity index is 724. The van der Waals surface area contributed by atoms with Crippen molar-refractivity contribution in [1.29, 1.82) is 0 Å². The van der Waals surface area contributed by atoms with Gasteiger partial charge in [0.1, 0.15) is 23.2 Å². The molecule has 26 heavy (non-hydrogen) atoms. The van der Waals surface area contributed by atoms with E-state index in [0.717, 1.165) is 0 Å². The van der Waals surface area contributed by atoms with Crippen LogP contribution in [0.5, 0.6) is 11.5 Å². The molecule has 2 aromatic rings. The lowest BCUT2D eigenvalue weighted by Gasteiger charge is -2.05. The highest BCUT2D eigenvalue weighted by atomic mass is 19.2. The lowest BCUT2D eigenvalue weighted by molar-refractivity contribution is 0.414. The van der Waals surface area contributed by atoms with Crippen molar-refractivity contribution in [3.05, 3.63) is 83.0 Å². The normalized spacial score (nSPS) is 13.0. The molecule has 0 bridgehead atoms. The van der Waals surface area contributed by atoms with Gasteiger partial charge in [-0.15, -0.1) is 0 Å². The van der Waals surface area contributed by atoms with Crippen LogP contribution in [0.15, 0.2) is 71.8 Å². The number of benzene rings is 2. The second kappa shape index (κ2) is 9.08. The third-order valence-electron chi connectivity index (χ3n) is 3.71. The van der Waals surface area contributed by atoms with E-state index in [4.69, 9.17) is 9.47 Å². The maximum atomic E-state index is 13.9. The number of allylic oxidation sites excluding steroid dienone is 4. The van der Waals surface area contributed by atoms with Crippen molar-refractivity contribution in [3.8, 4) is 11.5 Å². The minimum absolute atomic E-state index is 0.404. The van der Waals surface area contributed by atoms with Gasteiger partial charge in [0.25, 0.3) is 0 Å². The molecule has 0 radical (unpaired) electrons. The summed E-state index contributed by atoms with van der Waals surface area (Å²) in [6, 6.07) is 12.3. The van der Waals surface area contributed by atoms with Crippen LogP contribution >= 0.6 is 0 Å². The summed E-state index contributed by atoms with van der Waals surface area (Å²) in [5.41, 5.74) is 0.809. The predicted octanol–water partition coefficient (Wildman–Crippen LogP) is 5.79. The van der Waals surface area contributed by atoms with Crippen molar-refractivity contribution < 1.29 is 27.0 Å². The van der Waals surface area contributed by atoms with E-state index in [0.29, 0.717) is 22.6 Å². The van der Waals surface area contributed by atoms with Gasteiger partial charge >= 0.3 is 0 Å². The molecule has 0 unspecified atom stereocenters. The van der Waals surface area contributed by atoms with E-state index < -0.39 is 36.1 Å². The molecule has 0 aliphatic rings. The molecule has 0 N–H and O–H groups in total. The first-order chi connectivity index (χ1) is 12.4. The molecule has 0 saturated heterocycles. The topological polar surface area (TPSA) is 18.5 Å². The average molecular weight is 366 g/mol. The number of hydrogen-bond acceptors (Lipinski definition) is 2. The Morgan fingerprint density at radius 3 is 1.19 bits per heavy atom. The van der Waals surface area contributed by atoms with Crippen LogP contribution in [0.4, 0.5) is 17.6 Å². The van der Waals surface area contributed by atoms with Crippen molar-refractivity contribution in [1.82, 2.24) is 0 Å². The number of rotatable bonds is 7. The van der Waals surface area contributed by atoms with Gasteiger partial charge in [-0.25, -0.2) is 17.6 Å². The van der Waals surface area contributed by atoms with E-state index in [1.807, 2.05) is 0 Å². The predicted molar refractivity (Wildman–Crippen MR) is 91.9 cm³/mol. The standard InChI is InChI=1S/C20H18F4O2/c1-25-15-7-3-13(4-8-15)11-17(21)19(23)20(24)18(22)12-14-5-9-16(26-2)10-6-14/h3-10H,11-12H2,1-2H3. The zero-order chi connectivity index (χ0) is 19.1. The average Bonchev–Trinajstić information content (AvgIpc) is 2.67. The molecule has 0 aliphatic carbocycles. The molecule has 2 aromatic carbocycles. The van der Waals surface area contributed by atoms with Crippen molar-refractivity contribution in [3.63, 3.8) is 0 Å². The third-order valence-corrected chi connectivity index (χ3v) is 3.71. The fourth-order valence-corrected chi connectivity index (χ4v) is 2.24. The fraction of sp³-hybridized carbons (Fsp3) is 0.200. The summed E-state index contributed by atoms with van der Waals surface area (Å²) in [7, 11) is 2.95. The quantitative estimate of drug-likeness (QED) is 0.456. The lowest BCUT2D eigenvalue weighted by atomic mass is 10.1. The maximum absolute atomic E-state index is 13.9. The summed E-state index contributed by atoms with van der Waals surface area (Å²) in [4.78, 5) is 0. The second-order valence-corrected chi connectivity index (χ2v) is 5.49. The van der Waals surface area contributed by atoms with Crippen molar-refractivity contribution in [2.45, 2.75) is 12.8 Å². The monoisotopic (exact) mass is 366 g/mol. The summed E-state index contributed by atoms with van der Waals surface area (Å²) in [5.74, 6) is -5.31. The molecule has 2 nitrogen and oxygen atoms in total. The lowest BCUT2D eigenvalue weighted by Crippen LogP contribution is -1.94. The summed E-state index contributed by atoms with van der Waals surface area (Å²) in [6.07, 6.45) is -0.974. The van der Waals surface area contributed by atoms with Crippen molar-refractivity contribution >= 4 is 0 Å². The molecular weight excluding hydrogens is 348 g/mol. The van der Waals surface area contributed by atoms with Gasteiger partial charge < -0.3 is 9.47 Å². The Morgan fingerprint density at radius 2 is 0.923 bits per heavy atom. The Morgan fingerprint density at radius 1 is 0.615 bits per heavy atom. The SMILES string of the molecule is COc1ccc(CC(F)=C(F)C(F)=C(F)Cc2ccc(OC)cc2)cc1. The van der Waals surface area contributed by atoms with Crippen LogP contribution in [0.25, 0.3) is 0 Å². The van der Waals surface area contributed by atoms with Gasteiger partial charge in [0.05, 0.1) is 14.2 Å². The van der Waals surface area contributed by atoms with Crippen LogP contribution in [0.2, 0.25) is 0 Å². The highest BCUT2D eigenvalue weighted by Gasteiger charge is 2.18. The van der Waals surface area contributed by atoms with Gasteiger partial charge in [0.2, 0.25) is 0 Å². The molecule has 0 aliphatic heterocycles. The van der Waals surface area contributed by atoms with Gasteiger partial charge in [-0.1, -0.05) is 24.3 Å². The van der Waals surface area contributed by atoms with Crippen LogP contribution in [-0.2, 0) is 12.8 Å². The first-order valence-electron chi connectivity index (χ1n) is 7.79. The highest BCUT2D eigenvalue weighted by Crippen LogP contribution is 2.27. The van der Waals surface area contributed by atoms with Crippen LogP contribution in [-0.4, -0.2) is 14.2 Å². The summed E-state index contributed by atoms with van der Waals surface area (Å²) in [6.45, 7) is 0. The molecule has 138 valence electrons. The largest absolute Gasteiger partial charge is 0.497 e. The molecule has 0 aromatic heterocycles. The number of methoxy groups -OCH3 is 2. The van der Waals surface area contributed by atoms with Crippen molar-refractivity contribution in [2.75, 3.05) is 14.2 Å². The highest BCUT2D eigenvalue weighted by molar-refractivity contribution is 5.34. The smallest absolute Gasteiger partial charge is 0.193 e. The van der Waals surface area contributed by atoms with E-state index in [1.54, 1.807) is 24.3 Å². The van der Waals surface area contributed by atoms with Gasteiger partial charge in [-0.05, 0) is 35.4 Å². The van der Waals surface area contributed by atoms with E-state index >= 15 is 0 Å². The molecular formula is C20H18F4O2. The fourth-order valence-electron chi connectivity index (χ4n) is 2.24. The second-order valence-electron chi connectivity index (χ2n) is 5.49. The van der Waals surface area contributed by atoms with E-state index in [9.17, 15) is 17.6 Å². The van der Waals surface area contributed by atoms with E-state index in [2.05, 4.69) is 0 Å². The Labute approximate surface area is 149 Å². The number of halogens is 4. The van der Waals surface area contributed by atoms with Crippen LogP contribution in [0.1, 0.15) is 11.1 Å². The van der Waals surface area contributed by atoms with Gasteiger partial charge in [-0.3, -0.25) is 0 Å². The van der Waals surface area contributed by atoms with Gasteiger partial charge in [0.15, 0.2) is 11.7 Å². The summed E-state index contributed by atoms with van der Waals surface area (Å²) < 4.78 is 65.5. The summed E-state index contributed by atoms with van der Waals surface area (Å²) in [5, 5.41) is 0. The molecule has 0 amide bonds. The van der Waals surface area contributed by atoms with Crippen LogP contribution < -0.4 is 9.47 Å². The molecule has 0 spiro atoms. The minimum atomic E-state index is -1.83. The molecule has 2 rings (SSSR count). The molecule has 0 saturated carbocycles. The van der Waals surface area contributed by atoms with Crippen molar-refractivity contribution in [2.24, 2.45) is 0 Å². The molecule has 0 heterocycles. The van der Waals surface area contributed by atoms with E-state index in [1.165, 1.54) is 38.5 Å². The molecule has 0 atom stereocenters.